The third kappa shape index (κ3) is 4.47. The number of anilines is 1. The lowest BCUT2D eigenvalue weighted by Crippen LogP contribution is -2.02. The predicted octanol–water partition coefficient (Wildman–Crippen LogP) is 3.81. The number of nitrogens with zero attached hydrogens (tertiary/aromatic N) is 2. The maximum Gasteiger partial charge on any atom is 0.101 e. The van der Waals surface area contributed by atoms with Crippen LogP contribution in [0.25, 0.3) is 0 Å². The number of rotatable bonds is 7. The van der Waals surface area contributed by atoms with Gasteiger partial charge in [-0.3, -0.25) is 0 Å². The van der Waals surface area contributed by atoms with E-state index in [1.54, 1.807) is 12.1 Å². The molecule has 3 heteroatoms. The van der Waals surface area contributed by atoms with E-state index in [0.717, 1.165) is 18.7 Å². The highest BCUT2D eigenvalue weighted by Gasteiger charge is 2.02. The van der Waals surface area contributed by atoms with Crippen molar-refractivity contribution in [3.05, 3.63) is 29.3 Å². The Balaban J connectivity index is 2.40. The minimum absolute atomic E-state index is 0.436. The van der Waals surface area contributed by atoms with Crippen molar-refractivity contribution in [2.45, 2.75) is 39.0 Å². The number of unbranched alkanes of at least 4 members (excludes halogenated alkanes) is 4. The highest BCUT2D eigenvalue weighted by Crippen LogP contribution is 2.14. The van der Waals surface area contributed by atoms with Gasteiger partial charge in [-0.25, -0.2) is 0 Å². The molecule has 0 saturated carbocycles. The summed E-state index contributed by atoms with van der Waals surface area (Å²) in [6.07, 6.45) is 6.23. The van der Waals surface area contributed by atoms with E-state index in [9.17, 15) is 0 Å². The molecule has 0 spiro atoms. The summed E-state index contributed by atoms with van der Waals surface area (Å²) < 4.78 is 0. The topological polar surface area (TPSA) is 59.6 Å². The predicted molar refractivity (Wildman–Crippen MR) is 73.1 cm³/mol. The van der Waals surface area contributed by atoms with Crippen LogP contribution in [0, 0.1) is 22.7 Å². The minimum atomic E-state index is 0.436. The molecule has 0 atom stereocenters. The van der Waals surface area contributed by atoms with E-state index in [1.807, 2.05) is 18.2 Å². The van der Waals surface area contributed by atoms with Crippen LogP contribution in [0.5, 0.6) is 0 Å². The zero-order chi connectivity index (χ0) is 13.2. The highest BCUT2D eigenvalue weighted by atomic mass is 14.9. The van der Waals surface area contributed by atoms with Crippen molar-refractivity contribution in [1.29, 1.82) is 10.5 Å². The molecule has 0 aliphatic rings. The Kier molecular flexibility index (Phi) is 6.36. The van der Waals surface area contributed by atoms with Crippen LogP contribution in [0.1, 0.15) is 50.2 Å². The molecule has 1 rings (SSSR count). The number of hydrogen-bond donors (Lipinski definition) is 1. The van der Waals surface area contributed by atoms with Gasteiger partial charge in [-0.1, -0.05) is 32.6 Å². The van der Waals surface area contributed by atoms with E-state index < -0.39 is 0 Å². The summed E-state index contributed by atoms with van der Waals surface area (Å²) in [6.45, 7) is 3.12. The molecule has 1 N–H and O–H groups in total. The zero-order valence-corrected chi connectivity index (χ0v) is 10.9. The van der Waals surface area contributed by atoms with Crippen molar-refractivity contribution < 1.29 is 0 Å². The summed E-state index contributed by atoms with van der Waals surface area (Å²) in [4.78, 5) is 0. The maximum absolute atomic E-state index is 8.91. The van der Waals surface area contributed by atoms with E-state index >= 15 is 0 Å². The smallest absolute Gasteiger partial charge is 0.101 e. The second-order valence-electron chi connectivity index (χ2n) is 4.32. The average molecular weight is 241 g/mol. The number of hydrogen-bond acceptors (Lipinski definition) is 3. The molecule has 0 fully saturated rings. The first-order valence-electron chi connectivity index (χ1n) is 6.50. The van der Waals surface area contributed by atoms with Gasteiger partial charge in [-0.15, -0.1) is 0 Å². The SMILES string of the molecule is CCCCCCCNc1ccc(C#N)c(C#N)c1. The maximum atomic E-state index is 8.91. The second kappa shape index (κ2) is 8.14. The molecule has 3 nitrogen and oxygen atoms in total. The van der Waals surface area contributed by atoms with Crippen molar-refractivity contribution in [3.63, 3.8) is 0 Å². The lowest BCUT2D eigenvalue weighted by atomic mass is 10.1. The third-order valence-corrected chi connectivity index (χ3v) is 2.87. The minimum Gasteiger partial charge on any atom is -0.385 e. The summed E-state index contributed by atoms with van der Waals surface area (Å²) in [5, 5.41) is 21.0. The van der Waals surface area contributed by atoms with Gasteiger partial charge < -0.3 is 5.32 Å². The van der Waals surface area contributed by atoms with Crippen LogP contribution < -0.4 is 5.32 Å². The van der Waals surface area contributed by atoms with Gasteiger partial charge in [0.25, 0.3) is 0 Å². The van der Waals surface area contributed by atoms with Crippen molar-refractivity contribution in [3.8, 4) is 12.1 Å². The van der Waals surface area contributed by atoms with Crippen LogP contribution in [0.4, 0.5) is 5.69 Å². The Morgan fingerprint density at radius 3 is 2.39 bits per heavy atom. The summed E-state index contributed by atoms with van der Waals surface area (Å²) >= 11 is 0. The van der Waals surface area contributed by atoms with Crippen molar-refractivity contribution in [2.24, 2.45) is 0 Å². The van der Waals surface area contributed by atoms with Crippen LogP contribution >= 0.6 is 0 Å². The van der Waals surface area contributed by atoms with E-state index in [2.05, 4.69) is 12.2 Å². The average Bonchev–Trinajstić information content (AvgIpc) is 2.42. The Labute approximate surface area is 109 Å². The van der Waals surface area contributed by atoms with Gasteiger partial charge in [-0.05, 0) is 24.6 Å². The van der Waals surface area contributed by atoms with E-state index in [4.69, 9.17) is 10.5 Å². The molecule has 94 valence electrons. The Morgan fingerprint density at radius 2 is 1.72 bits per heavy atom. The van der Waals surface area contributed by atoms with Gasteiger partial charge in [0.15, 0.2) is 0 Å². The van der Waals surface area contributed by atoms with E-state index in [-0.39, 0.29) is 0 Å². The van der Waals surface area contributed by atoms with Crippen LogP contribution in [-0.2, 0) is 0 Å². The van der Waals surface area contributed by atoms with Gasteiger partial charge in [0, 0.05) is 12.2 Å². The van der Waals surface area contributed by atoms with Crippen LogP contribution in [-0.4, -0.2) is 6.54 Å². The van der Waals surface area contributed by atoms with Crippen molar-refractivity contribution in [2.75, 3.05) is 11.9 Å². The van der Waals surface area contributed by atoms with Gasteiger partial charge in [0.1, 0.15) is 12.1 Å². The van der Waals surface area contributed by atoms with Gasteiger partial charge in [0.2, 0.25) is 0 Å². The fraction of sp³-hybridized carbons (Fsp3) is 0.467. The molecule has 0 aromatic heterocycles. The molecule has 0 bridgehead atoms. The lowest BCUT2D eigenvalue weighted by Gasteiger charge is -2.07. The standard InChI is InChI=1S/C15H19N3/c1-2-3-4-5-6-9-18-15-8-7-13(11-16)14(10-15)12-17/h7-8,10,18H,2-6,9H2,1H3. The molecule has 0 heterocycles. The molecule has 0 aliphatic heterocycles. The van der Waals surface area contributed by atoms with Crippen LogP contribution in [0.3, 0.4) is 0 Å². The summed E-state index contributed by atoms with van der Waals surface area (Å²) in [6, 6.07) is 9.34. The van der Waals surface area contributed by atoms with Crippen molar-refractivity contribution in [1.82, 2.24) is 0 Å². The third-order valence-electron chi connectivity index (χ3n) is 2.87. The van der Waals surface area contributed by atoms with Crippen LogP contribution in [0.15, 0.2) is 18.2 Å². The summed E-state index contributed by atoms with van der Waals surface area (Å²) in [7, 11) is 0. The van der Waals surface area contributed by atoms with E-state index in [0.29, 0.717) is 11.1 Å². The molecular weight excluding hydrogens is 222 g/mol. The van der Waals surface area contributed by atoms with Crippen molar-refractivity contribution >= 4 is 5.69 Å². The largest absolute Gasteiger partial charge is 0.385 e. The number of benzene rings is 1. The molecular formula is C15H19N3. The monoisotopic (exact) mass is 241 g/mol. The molecule has 0 amide bonds. The molecule has 0 radical (unpaired) electrons. The first kappa shape index (κ1) is 14.1. The fourth-order valence-corrected chi connectivity index (χ4v) is 1.81. The Hall–Kier alpha value is -2.00. The summed E-state index contributed by atoms with van der Waals surface area (Å²) in [5.74, 6) is 0. The highest BCUT2D eigenvalue weighted by molar-refractivity contribution is 5.56. The molecule has 18 heavy (non-hydrogen) atoms. The Morgan fingerprint density at radius 1 is 1.00 bits per heavy atom. The quantitative estimate of drug-likeness (QED) is 0.738. The molecule has 1 aromatic rings. The van der Waals surface area contributed by atoms with Gasteiger partial charge >= 0.3 is 0 Å². The normalized spacial score (nSPS) is 9.50. The lowest BCUT2D eigenvalue weighted by molar-refractivity contribution is 0.645. The first-order valence-corrected chi connectivity index (χ1v) is 6.50. The number of nitrogens with one attached hydrogen (secondary N) is 1. The summed E-state index contributed by atoms with van der Waals surface area (Å²) in [5.41, 5.74) is 1.79. The Bertz CT molecular complexity index is 452. The number of nitriles is 2. The molecule has 0 aliphatic carbocycles. The first-order chi connectivity index (χ1) is 8.81. The van der Waals surface area contributed by atoms with Gasteiger partial charge in [0.05, 0.1) is 11.1 Å². The molecule has 0 unspecified atom stereocenters. The van der Waals surface area contributed by atoms with E-state index in [1.165, 1.54) is 25.7 Å². The molecule has 1 aromatic carbocycles. The second-order valence-corrected chi connectivity index (χ2v) is 4.32. The zero-order valence-electron chi connectivity index (χ0n) is 10.9. The van der Waals surface area contributed by atoms with Crippen LogP contribution in [0.2, 0.25) is 0 Å². The molecule has 0 saturated heterocycles. The van der Waals surface area contributed by atoms with Gasteiger partial charge in [-0.2, -0.15) is 10.5 Å². The fourth-order valence-electron chi connectivity index (χ4n) is 1.81.